The quantitative estimate of drug-likeness (QED) is 0.910. The summed E-state index contributed by atoms with van der Waals surface area (Å²) in [5.41, 5.74) is -0.198. The second-order valence-electron chi connectivity index (χ2n) is 5.03. The third-order valence-corrected chi connectivity index (χ3v) is 5.66. The van der Waals surface area contributed by atoms with Gasteiger partial charge in [0, 0.05) is 16.2 Å². The number of aromatic nitrogens is 1. The molecule has 0 amide bonds. The molecule has 4 rings (SSSR count). The van der Waals surface area contributed by atoms with Crippen LogP contribution in [0.3, 0.4) is 0 Å². The van der Waals surface area contributed by atoms with Crippen molar-refractivity contribution in [3.63, 3.8) is 0 Å². The average molecular weight is 333 g/mol. The molecule has 98 valence electrons. The maximum Gasteiger partial charge on any atom is 0.246 e. The van der Waals surface area contributed by atoms with Crippen molar-refractivity contribution in [2.75, 3.05) is 7.11 Å². The Morgan fingerprint density at radius 3 is 2.67 bits per heavy atom. The molecule has 0 aromatic carbocycles. The SMILES string of the molecule is COc1ncc(Br)cc1S(=O)(=O)NC12CC(C1)C2. The summed E-state index contributed by atoms with van der Waals surface area (Å²) in [5.74, 6) is 0.840. The lowest BCUT2D eigenvalue weighted by atomic mass is 9.50. The van der Waals surface area contributed by atoms with Crippen LogP contribution in [0.25, 0.3) is 0 Å². The van der Waals surface area contributed by atoms with E-state index in [1.165, 1.54) is 19.4 Å². The summed E-state index contributed by atoms with van der Waals surface area (Å²) in [5, 5.41) is 0. The molecule has 3 saturated carbocycles. The predicted octanol–water partition coefficient (Wildman–Crippen LogP) is 1.68. The average Bonchev–Trinajstić information content (AvgIpc) is 2.22. The molecule has 3 aliphatic rings. The lowest BCUT2D eigenvalue weighted by molar-refractivity contribution is -0.0317. The van der Waals surface area contributed by atoms with Crippen molar-refractivity contribution in [3.05, 3.63) is 16.7 Å². The van der Waals surface area contributed by atoms with Crippen molar-refractivity contribution in [2.45, 2.75) is 29.7 Å². The van der Waals surface area contributed by atoms with Gasteiger partial charge < -0.3 is 4.74 Å². The zero-order chi connectivity index (χ0) is 13.0. The van der Waals surface area contributed by atoms with Gasteiger partial charge in [-0.2, -0.15) is 0 Å². The van der Waals surface area contributed by atoms with E-state index in [2.05, 4.69) is 25.6 Å². The van der Waals surface area contributed by atoms with Gasteiger partial charge in [0.05, 0.1) is 7.11 Å². The molecule has 18 heavy (non-hydrogen) atoms. The molecule has 7 heteroatoms. The third kappa shape index (κ3) is 1.85. The Bertz CT molecular complexity index is 585. The van der Waals surface area contributed by atoms with Crippen molar-refractivity contribution < 1.29 is 13.2 Å². The highest BCUT2D eigenvalue weighted by atomic mass is 79.9. The second-order valence-corrected chi connectivity index (χ2v) is 7.59. The first-order valence-corrected chi connectivity index (χ1v) is 7.95. The largest absolute Gasteiger partial charge is 0.480 e. The molecule has 5 nitrogen and oxygen atoms in total. The number of halogens is 1. The van der Waals surface area contributed by atoms with Gasteiger partial charge in [-0.25, -0.2) is 18.1 Å². The molecule has 0 unspecified atom stereocenters. The van der Waals surface area contributed by atoms with Crippen molar-refractivity contribution in [1.29, 1.82) is 0 Å². The van der Waals surface area contributed by atoms with Crippen LogP contribution in [0.5, 0.6) is 5.88 Å². The standard InChI is InChI=1S/C11H13BrN2O3S/c1-17-10-9(2-8(12)6-13-10)18(15,16)14-11-3-7(4-11)5-11/h2,6-7,14H,3-5H2,1H3. The lowest BCUT2D eigenvalue weighted by Gasteiger charge is -2.61. The summed E-state index contributed by atoms with van der Waals surface area (Å²) in [7, 11) is -2.16. The Morgan fingerprint density at radius 2 is 2.17 bits per heavy atom. The van der Waals surface area contributed by atoms with Crippen LogP contribution in [0, 0.1) is 5.92 Å². The van der Waals surface area contributed by atoms with Crippen LogP contribution in [0.1, 0.15) is 19.3 Å². The first kappa shape index (κ1) is 12.4. The van der Waals surface area contributed by atoms with Crippen LogP contribution in [-0.4, -0.2) is 26.1 Å². The molecule has 0 radical (unpaired) electrons. The Hall–Kier alpha value is -0.660. The minimum Gasteiger partial charge on any atom is -0.480 e. The van der Waals surface area contributed by atoms with Gasteiger partial charge >= 0.3 is 0 Å². The molecule has 3 fully saturated rings. The molecular weight excluding hydrogens is 320 g/mol. The molecule has 1 N–H and O–H groups in total. The summed E-state index contributed by atoms with van der Waals surface area (Å²) >= 11 is 3.23. The van der Waals surface area contributed by atoms with Gasteiger partial charge in [0.2, 0.25) is 15.9 Å². The summed E-state index contributed by atoms with van der Waals surface area (Å²) in [6.45, 7) is 0. The van der Waals surface area contributed by atoms with Gasteiger partial charge in [-0.15, -0.1) is 0 Å². The Morgan fingerprint density at radius 1 is 1.50 bits per heavy atom. The monoisotopic (exact) mass is 332 g/mol. The molecule has 2 bridgehead atoms. The molecule has 1 aromatic rings. The fourth-order valence-corrected chi connectivity index (χ4v) is 4.76. The van der Waals surface area contributed by atoms with Gasteiger partial charge in [0.1, 0.15) is 4.90 Å². The molecule has 1 aromatic heterocycles. The van der Waals surface area contributed by atoms with Crippen molar-refractivity contribution in [3.8, 4) is 5.88 Å². The van der Waals surface area contributed by atoms with Gasteiger partial charge in [-0.1, -0.05) is 0 Å². The Balaban J connectivity index is 1.94. The maximum atomic E-state index is 12.3. The van der Waals surface area contributed by atoms with E-state index in [0.717, 1.165) is 25.2 Å². The summed E-state index contributed by atoms with van der Waals surface area (Å²) in [4.78, 5) is 4.05. The molecular formula is C11H13BrN2O3S. The topological polar surface area (TPSA) is 68.3 Å². The zero-order valence-corrected chi connectivity index (χ0v) is 12.2. The van der Waals surface area contributed by atoms with E-state index in [1.54, 1.807) is 0 Å². The van der Waals surface area contributed by atoms with Crippen molar-refractivity contribution >= 4 is 26.0 Å². The van der Waals surface area contributed by atoms with Crippen molar-refractivity contribution in [2.24, 2.45) is 5.92 Å². The van der Waals surface area contributed by atoms with E-state index in [0.29, 0.717) is 4.47 Å². The minimum absolute atomic E-state index is 0.0871. The number of pyridine rings is 1. The fraction of sp³-hybridized carbons (Fsp3) is 0.545. The van der Waals surface area contributed by atoms with E-state index in [-0.39, 0.29) is 16.3 Å². The van der Waals surface area contributed by atoms with E-state index in [1.807, 2.05) is 0 Å². The molecule has 3 aliphatic carbocycles. The maximum absolute atomic E-state index is 12.3. The highest BCUT2D eigenvalue weighted by Crippen LogP contribution is 2.57. The normalized spacial score (nSPS) is 29.3. The number of sulfonamides is 1. The van der Waals surface area contributed by atoms with Crippen LogP contribution >= 0.6 is 15.9 Å². The van der Waals surface area contributed by atoms with Crippen LogP contribution < -0.4 is 9.46 Å². The number of hydrogen-bond acceptors (Lipinski definition) is 4. The van der Waals surface area contributed by atoms with Gasteiger partial charge in [-0.05, 0) is 47.2 Å². The predicted molar refractivity (Wildman–Crippen MR) is 68.9 cm³/mol. The van der Waals surface area contributed by atoms with E-state index in [4.69, 9.17) is 4.74 Å². The number of ether oxygens (including phenoxy) is 1. The van der Waals surface area contributed by atoms with Crippen molar-refractivity contribution in [1.82, 2.24) is 9.71 Å². The number of methoxy groups -OCH3 is 1. The highest BCUT2D eigenvalue weighted by Gasteiger charge is 2.58. The molecule has 0 atom stereocenters. The number of rotatable bonds is 4. The van der Waals surface area contributed by atoms with Crippen LogP contribution in [-0.2, 0) is 10.0 Å². The molecule has 0 spiro atoms. The van der Waals surface area contributed by atoms with Crippen LogP contribution in [0.4, 0.5) is 0 Å². The van der Waals surface area contributed by atoms with Gasteiger partial charge in [-0.3, -0.25) is 0 Å². The number of nitrogens with one attached hydrogen (secondary N) is 1. The minimum atomic E-state index is -3.57. The molecule has 1 heterocycles. The lowest BCUT2D eigenvalue weighted by Crippen LogP contribution is -2.67. The zero-order valence-electron chi connectivity index (χ0n) is 9.81. The highest BCUT2D eigenvalue weighted by molar-refractivity contribution is 9.10. The van der Waals surface area contributed by atoms with Crippen LogP contribution in [0.2, 0.25) is 0 Å². The number of nitrogens with zero attached hydrogens (tertiary/aromatic N) is 1. The molecule has 0 aliphatic heterocycles. The van der Waals surface area contributed by atoms with E-state index in [9.17, 15) is 8.42 Å². The van der Waals surface area contributed by atoms with E-state index >= 15 is 0 Å². The van der Waals surface area contributed by atoms with Gasteiger partial charge in [0.25, 0.3) is 0 Å². The third-order valence-electron chi connectivity index (χ3n) is 3.66. The fourth-order valence-electron chi connectivity index (χ4n) is 2.70. The van der Waals surface area contributed by atoms with Gasteiger partial charge in [0.15, 0.2) is 0 Å². The molecule has 0 saturated heterocycles. The summed E-state index contributed by atoms with van der Waals surface area (Å²) in [6.07, 6.45) is 4.38. The first-order valence-electron chi connectivity index (χ1n) is 5.68. The second kappa shape index (κ2) is 3.91. The first-order chi connectivity index (χ1) is 8.44. The smallest absolute Gasteiger partial charge is 0.246 e. The summed E-state index contributed by atoms with van der Waals surface area (Å²) in [6, 6.07) is 1.51. The number of hydrogen-bond donors (Lipinski definition) is 1. The van der Waals surface area contributed by atoms with E-state index < -0.39 is 10.0 Å². The Labute approximate surface area is 114 Å². The Kier molecular flexibility index (Phi) is 2.69. The summed E-state index contributed by atoms with van der Waals surface area (Å²) < 4.78 is 33.1. The van der Waals surface area contributed by atoms with Crippen LogP contribution in [0.15, 0.2) is 21.6 Å².